The van der Waals surface area contributed by atoms with Crippen molar-refractivity contribution >= 4 is 22.4 Å². The first kappa shape index (κ1) is 12.5. The van der Waals surface area contributed by atoms with Crippen LogP contribution in [-0.2, 0) is 0 Å². The highest BCUT2D eigenvalue weighted by Gasteiger charge is 2.07. The van der Waals surface area contributed by atoms with Crippen LogP contribution >= 0.6 is 0 Å². The predicted octanol–water partition coefficient (Wildman–Crippen LogP) is 5.11. The van der Waals surface area contributed by atoms with E-state index in [2.05, 4.69) is 18.2 Å². The van der Waals surface area contributed by atoms with E-state index in [9.17, 15) is 5.11 Å². The Kier molecular flexibility index (Phi) is 3.26. The van der Waals surface area contributed by atoms with Crippen LogP contribution in [0.5, 0.6) is 5.75 Å². The van der Waals surface area contributed by atoms with Gasteiger partial charge < -0.3 is 5.11 Å². The summed E-state index contributed by atoms with van der Waals surface area (Å²) in [6.07, 6.45) is 2.09. The van der Waals surface area contributed by atoms with Crippen LogP contribution in [0.25, 0.3) is 22.4 Å². The summed E-state index contributed by atoms with van der Waals surface area (Å²) in [6.45, 7) is 2.02. The molecular weight excluding hydrogens is 244 g/mol. The Labute approximate surface area is 118 Å². The van der Waals surface area contributed by atoms with Gasteiger partial charge in [-0.25, -0.2) is 0 Å². The average molecular weight is 260 g/mol. The molecule has 1 N–H and O–H groups in total. The van der Waals surface area contributed by atoms with Crippen molar-refractivity contribution in [2.45, 2.75) is 6.92 Å². The summed E-state index contributed by atoms with van der Waals surface area (Å²) in [7, 11) is 0. The van der Waals surface area contributed by atoms with Crippen molar-refractivity contribution in [1.82, 2.24) is 0 Å². The standard InChI is InChI=1S/C19H16O/c1-14(13-15-7-3-2-4-8-15)17-12-11-16-9-5-6-10-18(16)19(17)20/h2-13,20H,1H3. The zero-order valence-electron chi connectivity index (χ0n) is 11.4. The maximum Gasteiger partial charge on any atom is 0.130 e. The third kappa shape index (κ3) is 2.30. The fourth-order valence-electron chi connectivity index (χ4n) is 2.45. The van der Waals surface area contributed by atoms with Crippen molar-refractivity contribution in [3.05, 3.63) is 77.9 Å². The van der Waals surface area contributed by atoms with Crippen molar-refractivity contribution in [2.24, 2.45) is 0 Å². The Balaban J connectivity index is 2.10. The minimum absolute atomic E-state index is 0.354. The van der Waals surface area contributed by atoms with E-state index in [1.54, 1.807) is 0 Å². The van der Waals surface area contributed by atoms with Crippen LogP contribution in [-0.4, -0.2) is 5.11 Å². The molecule has 1 nitrogen and oxygen atoms in total. The first-order chi connectivity index (χ1) is 9.75. The molecule has 0 aliphatic heterocycles. The number of allylic oxidation sites excluding steroid dienone is 1. The van der Waals surface area contributed by atoms with Gasteiger partial charge in [0.05, 0.1) is 0 Å². The van der Waals surface area contributed by atoms with Crippen LogP contribution in [0.4, 0.5) is 0 Å². The van der Waals surface area contributed by atoms with E-state index in [0.29, 0.717) is 5.75 Å². The third-order valence-electron chi connectivity index (χ3n) is 3.51. The molecular formula is C19H16O. The lowest BCUT2D eigenvalue weighted by Crippen LogP contribution is -1.84. The van der Waals surface area contributed by atoms with Crippen molar-refractivity contribution in [3.63, 3.8) is 0 Å². The SMILES string of the molecule is CC(=Cc1ccccc1)c1ccc2ccccc2c1O. The van der Waals surface area contributed by atoms with Crippen molar-refractivity contribution < 1.29 is 5.11 Å². The lowest BCUT2D eigenvalue weighted by atomic mass is 9.99. The summed E-state index contributed by atoms with van der Waals surface area (Å²) in [6, 6.07) is 22.1. The van der Waals surface area contributed by atoms with E-state index >= 15 is 0 Å². The van der Waals surface area contributed by atoms with Gasteiger partial charge in [0.1, 0.15) is 5.75 Å². The quantitative estimate of drug-likeness (QED) is 0.635. The van der Waals surface area contributed by atoms with E-state index in [0.717, 1.165) is 27.5 Å². The van der Waals surface area contributed by atoms with E-state index in [1.807, 2.05) is 61.5 Å². The van der Waals surface area contributed by atoms with Gasteiger partial charge in [-0.3, -0.25) is 0 Å². The molecule has 0 aromatic heterocycles. The predicted molar refractivity (Wildman–Crippen MR) is 85.6 cm³/mol. The van der Waals surface area contributed by atoms with Gasteiger partial charge in [-0.05, 0) is 23.4 Å². The van der Waals surface area contributed by atoms with Gasteiger partial charge in [0.15, 0.2) is 0 Å². The average Bonchev–Trinajstić information content (AvgIpc) is 2.49. The molecule has 0 heterocycles. The molecule has 3 rings (SSSR count). The molecule has 0 saturated heterocycles. The summed E-state index contributed by atoms with van der Waals surface area (Å²) in [5, 5.41) is 12.4. The number of rotatable bonds is 2. The number of hydrogen-bond donors (Lipinski definition) is 1. The number of phenols is 1. The molecule has 0 bridgehead atoms. The molecule has 0 fully saturated rings. The van der Waals surface area contributed by atoms with E-state index in [4.69, 9.17) is 0 Å². The molecule has 0 radical (unpaired) electrons. The Morgan fingerprint density at radius 3 is 2.35 bits per heavy atom. The minimum Gasteiger partial charge on any atom is -0.507 e. The van der Waals surface area contributed by atoms with Crippen molar-refractivity contribution in [2.75, 3.05) is 0 Å². The second-order valence-corrected chi connectivity index (χ2v) is 4.92. The Morgan fingerprint density at radius 1 is 0.850 bits per heavy atom. The number of aromatic hydroxyl groups is 1. The highest BCUT2D eigenvalue weighted by Crippen LogP contribution is 2.33. The van der Waals surface area contributed by atoms with Gasteiger partial charge in [-0.15, -0.1) is 0 Å². The van der Waals surface area contributed by atoms with Crippen LogP contribution in [0.15, 0.2) is 66.7 Å². The number of benzene rings is 3. The zero-order chi connectivity index (χ0) is 13.9. The summed E-state index contributed by atoms with van der Waals surface area (Å²) in [4.78, 5) is 0. The Bertz CT molecular complexity index is 770. The van der Waals surface area contributed by atoms with Crippen LogP contribution in [0.2, 0.25) is 0 Å². The summed E-state index contributed by atoms with van der Waals surface area (Å²) < 4.78 is 0. The molecule has 0 spiro atoms. The Hall–Kier alpha value is -2.54. The third-order valence-corrected chi connectivity index (χ3v) is 3.51. The van der Waals surface area contributed by atoms with Crippen LogP contribution < -0.4 is 0 Å². The molecule has 0 atom stereocenters. The topological polar surface area (TPSA) is 20.2 Å². The molecule has 98 valence electrons. The highest BCUT2D eigenvalue weighted by molar-refractivity contribution is 5.95. The fourth-order valence-corrected chi connectivity index (χ4v) is 2.45. The molecule has 0 aliphatic carbocycles. The largest absolute Gasteiger partial charge is 0.507 e. The van der Waals surface area contributed by atoms with Crippen molar-refractivity contribution in [1.29, 1.82) is 0 Å². The molecule has 0 unspecified atom stereocenters. The van der Waals surface area contributed by atoms with Gasteiger partial charge in [0, 0.05) is 10.9 Å². The molecule has 0 amide bonds. The number of hydrogen-bond acceptors (Lipinski definition) is 1. The Morgan fingerprint density at radius 2 is 1.55 bits per heavy atom. The van der Waals surface area contributed by atoms with Gasteiger partial charge in [-0.1, -0.05) is 72.8 Å². The van der Waals surface area contributed by atoms with Gasteiger partial charge in [-0.2, -0.15) is 0 Å². The van der Waals surface area contributed by atoms with Gasteiger partial charge >= 0.3 is 0 Å². The normalized spacial score (nSPS) is 11.8. The first-order valence-electron chi connectivity index (χ1n) is 6.70. The molecule has 20 heavy (non-hydrogen) atoms. The van der Waals surface area contributed by atoms with E-state index in [1.165, 1.54) is 0 Å². The molecule has 0 saturated carbocycles. The minimum atomic E-state index is 0.354. The molecule has 0 aliphatic rings. The zero-order valence-corrected chi connectivity index (χ0v) is 11.4. The second kappa shape index (κ2) is 5.22. The maximum atomic E-state index is 10.5. The van der Waals surface area contributed by atoms with Crippen molar-refractivity contribution in [3.8, 4) is 5.75 Å². The lowest BCUT2D eigenvalue weighted by molar-refractivity contribution is 0.480. The van der Waals surface area contributed by atoms with E-state index in [-0.39, 0.29) is 0 Å². The van der Waals surface area contributed by atoms with Gasteiger partial charge in [0.2, 0.25) is 0 Å². The fraction of sp³-hybridized carbons (Fsp3) is 0.0526. The number of phenolic OH excluding ortho intramolecular Hbond substituents is 1. The number of fused-ring (bicyclic) bond motifs is 1. The van der Waals surface area contributed by atoms with E-state index < -0.39 is 0 Å². The summed E-state index contributed by atoms with van der Waals surface area (Å²) in [5.74, 6) is 0.354. The molecule has 3 aromatic carbocycles. The lowest BCUT2D eigenvalue weighted by Gasteiger charge is -2.08. The maximum absolute atomic E-state index is 10.5. The molecule has 3 aromatic rings. The first-order valence-corrected chi connectivity index (χ1v) is 6.70. The smallest absolute Gasteiger partial charge is 0.130 e. The summed E-state index contributed by atoms with van der Waals surface area (Å²) in [5.41, 5.74) is 3.07. The second-order valence-electron chi connectivity index (χ2n) is 4.92. The monoisotopic (exact) mass is 260 g/mol. The van der Waals surface area contributed by atoms with Crippen LogP contribution in [0.1, 0.15) is 18.1 Å². The van der Waals surface area contributed by atoms with Gasteiger partial charge in [0.25, 0.3) is 0 Å². The summed E-state index contributed by atoms with van der Waals surface area (Å²) >= 11 is 0. The van der Waals surface area contributed by atoms with Crippen LogP contribution in [0.3, 0.4) is 0 Å². The van der Waals surface area contributed by atoms with Crippen LogP contribution in [0, 0.1) is 0 Å². The highest BCUT2D eigenvalue weighted by atomic mass is 16.3. The molecule has 1 heteroatoms.